The SMILES string of the molecule is Cc1cc(C)c(C)c(-c2ccc3c(CC(C)C)cccc3[n+]2C)c1.Cc1cc(C)c(C)c(-c2ccc3ccccc3[n+]2C)c1.Cc1ccc(-c2ccc3ccccc3[n+]2C)c(C)c1.Cc1ccccc1-c1ccc2ccccc2[n+]1C.[2H]C([2H])([2H])c1cc(C)cc(-c2cc3ccccc3c[n+]2C)c1C. The summed E-state index contributed by atoms with van der Waals surface area (Å²) < 4.78 is 34.6. The Hall–Kier alpha value is -10.8. The molecule has 101 heavy (non-hydrogen) atoms. The molecule has 0 atom stereocenters. The zero-order valence-corrected chi connectivity index (χ0v) is 62.8. The molecule has 0 amide bonds. The zero-order chi connectivity index (χ0) is 74.4. The summed E-state index contributed by atoms with van der Waals surface area (Å²) in [6, 6.07) is 88.4. The average Bonchev–Trinajstić information content (AvgIpc) is 0.800. The normalized spacial score (nSPS) is 11.6. The molecule has 5 aromatic heterocycles. The third-order valence-corrected chi connectivity index (χ3v) is 20.3. The van der Waals surface area contributed by atoms with Gasteiger partial charge in [-0.3, -0.25) is 0 Å². The van der Waals surface area contributed by atoms with Crippen molar-refractivity contribution in [3.05, 3.63) is 327 Å². The number of para-hydroxylation sites is 3. The quantitative estimate of drug-likeness (QED) is 0.142. The van der Waals surface area contributed by atoms with E-state index >= 15 is 0 Å². The maximum atomic E-state index is 7.78. The van der Waals surface area contributed by atoms with Crippen LogP contribution in [0.1, 0.15) is 90.3 Å². The molecule has 0 unspecified atom stereocenters. The van der Waals surface area contributed by atoms with Crippen LogP contribution in [0.4, 0.5) is 0 Å². The number of nitrogens with zero attached hydrogens (tertiary/aromatic N) is 5. The Morgan fingerprint density at radius 2 is 0.673 bits per heavy atom. The van der Waals surface area contributed by atoms with Crippen molar-refractivity contribution in [2.75, 3.05) is 0 Å². The number of rotatable bonds is 7. The van der Waals surface area contributed by atoms with Gasteiger partial charge in [0, 0.05) is 113 Å². The lowest BCUT2D eigenvalue weighted by Gasteiger charge is -2.12. The summed E-state index contributed by atoms with van der Waals surface area (Å²) >= 11 is 0. The maximum absolute atomic E-state index is 7.78. The van der Waals surface area contributed by atoms with E-state index in [4.69, 9.17) is 4.11 Å². The van der Waals surface area contributed by atoms with Gasteiger partial charge in [0.2, 0.25) is 50.5 Å². The molecular weight excluding hydrogens is 1220 g/mol. The maximum Gasteiger partial charge on any atom is 0.213 e. The van der Waals surface area contributed by atoms with E-state index in [1.54, 1.807) is 6.07 Å². The van der Waals surface area contributed by atoms with Crippen molar-refractivity contribution < 1.29 is 26.9 Å². The van der Waals surface area contributed by atoms with Gasteiger partial charge < -0.3 is 0 Å². The second-order valence-corrected chi connectivity index (χ2v) is 28.3. The number of benzene rings is 10. The van der Waals surface area contributed by atoms with Gasteiger partial charge in [0.25, 0.3) is 0 Å². The summed E-state index contributed by atoms with van der Waals surface area (Å²) in [5, 5.41) is 7.52. The average molecular weight is 1330 g/mol. The van der Waals surface area contributed by atoms with Crippen molar-refractivity contribution >= 4 is 54.4 Å². The largest absolute Gasteiger partial charge is 0.213 e. The van der Waals surface area contributed by atoms with Crippen molar-refractivity contribution in [1.82, 2.24) is 0 Å². The lowest BCUT2D eigenvalue weighted by atomic mass is 9.95. The fraction of sp³-hybridized carbons (Fsp3) is 0.219. The minimum atomic E-state index is -2.10. The van der Waals surface area contributed by atoms with Crippen molar-refractivity contribution in [2.24, 2.45) is 41.2 Å². The highest BCUT2D eigenvalue weighted by Crippen LogP contribution is 2.32. The highest BCUT2D eigenvalue weighted by Gasteiger charge is 2.22. The van der Waals surface area contributed by atoms with Gasteiger partial charge in [-0.2, -0.15) is 18.3 Å². The Morgan fingerprint density at radius 3 is 1.16 bits per heavy atom. The van der Waals surface area contributed by atoms with Crippen LogP contribution in [0.25, 0.3) is 111 Å². The molecule has 506 valence electrons. The first kappa shape index (κ1) is 67.4. The first-order valence-corrected chi connectivity index (χ1v) is 35.5. The van der Waals surface area contributed by atoms with E-state index in [2.05, 4.69) is 364 Å². The summed E-state index contributed by atoms with van der Waals surface area (Å²) in [4.78, 5) is 0. The molecule has 15 rings (SSSR count). The minimum Gasteiger partial charge on any atom is -0.200 e. The third kappa shape index (κ3) is 15.8. The van der Waals surface area contributed by atoms with Crippen LogP contribution < -0.4 is 22.8 Å². The van der Waals surface area contributed by atoms with E-state index in [-0.39, 0.29) is 0 Å². The van der Waals surface area contributed by atoms with Crippen LogP contribution in [0.15, 0.2) is 255 Å². The Bertz CT molecular complexity index is 5700. The Morgan fingerprint density at radius 1 is 0.287 bits per heavy atom. The molecule has 0 aliphatic rings. The van der Waals surface area contributed by atoms with Crippen molar-refractivity contribution in [2.45, 2.75) is 103 Å². The van der Waals surface area contributed by atoms with Crippen LogP contribution in [0.3, 0.4) is 0 Å². The van der Waals surface area contributed by atoms with Gasteiger partial charge in [-0.1, -0.05) is 151 Å². The Balaban J connectivity index is 0.000000131. The highest BCUT2D eigenvalue weighted by molar-refractivity contribution is 5.85. The van der Waals surface area contributed by atoms with Crippen molar-refractivity contribution in [1.29, 1.82) is 0 Å². The van der Waals surface area contributed by atoms with E-state index in [0.29, 0.717) is 11.5 Å². The number of pyridine rings is 5. The Labute approximate surface area is 605 Å². The topological polar surface area (TPSA) is 19.4 Å². The minimum absolute atomic E-state index is 0.431. The van der Waals surface area contributed by atoms with Crippen LogP contribution in [-0.4, -0.2) is 0 Å². The molecule has 0 radical (unpaired) electrons. The van der Waals surface area contributed by atoms with Crippen LogP contribution in [0.5, 0.6) is 0 Å². The summed E-state index contributed by atoms with van der Waals surface area (Å²) in [6.07, 6.45) is 3.21. The smallest absolute Gasteiger partial charge is 0.200 e. The first-order chi connectivity index (χ1) is 49.7. The predicted molar refractivity (Wildman–Crippen MR) is 428 cm³/mol. The van der Waals surface area contributed by atoms with Crippen molar-refractivity contribution in [3.8, 4) is 56.3 Å². The lowest BCUT2D eigenvalue weighted by Crippen LogP contribution is -2.32. The number of hydrogen-bond acceptors (Lipinski definition) is 0. The molecule has 15 aromatic rings. The van der Waals surface area contributed by atoms with Crippen LogP contribution in [0, 0.1) is 88.9 Å². The van der Waals surface area contributed by atoms with Gasteiger partial charge in [0.15, 0.2) is 6.20 Å². The molecule has 0 saturated heterocycles. The number of aromatic nitrogens is 5. The number of fused-ring (bicyclic) bond motifs is 5. The zero-order valence-electron chi connectivity index (χ0n) is 65.8. The number of aryl methyl sites for hydroxylation is 14. The molecule has 0 N–H and O–H groups in total. The second kappa shape index (κ2) is 31.2. The fourth-order valence-corrected chi connectivity index (χ4v) is 14.5. The van der Waals surface area contributed by atoms with Crippen LogP contribution in [-0.2, 0) is 41.7 Å². The van der Waals surface area contributed by atoms with E-state index in [1.165, 1.54) is 150 Å². The highest BCUT2D eigenvalue weighted by atomic mass is 15.0. The summed E-state index contributed by atoms with van der Waals surface area (Å²) in [6.45, 7) is 25.9. The summed E-state index contributed by atoms with van der Waals surface area (Å²) in [7, 11) is 10.6. The molecule has 0 aliphatic carbocycles. The van der Waals surface area contributed by atoms with Gasteiger partial charge in [0.1, 0.15) is 35.2 Å². The van der Waals surface area contributed by atoms with Crippen LogP contribution in [0.2, 0.25) is 0 Å². The molecule has 0 aliphatic heterocycles. The summed E-state index contributed by atoms with van der Waals surface area (Å²) in [5.41, 5.74) is 33.1. The molecule has 5 heterocycles. The molecule has 5 heteroatoms. The van der Waals surface area contributed by atoms with Gasteiger partial charge in [-0.05, 0) is 230 Å². The molecule has 0 bridgehead atoms. The standard InChI is InChI=1S/C23H28N.2C19H20N.C18H18N.C17H16N/c1-15(2)12-19-8-7-9-22-20(19)10-11-23(24(22)6)21-14-16(3)13-17(4)18(21)5;1-13-9-14(2)15(3)18(10-13)19-11-16-7-5-6-8-17(16)12-20(19)4;1-13-11-14(2)15(3)17(12-13)19-10-9-16-7-5-6-8-18(16)20(19)4;1-13-8-10-16(14(2)12-13)18-11-9-15-6-4-5-7-17(15)19(18)3;1-13-7-3-5-9-15(13)17-12-11-14-8-4-6-10-16(14)18(17)2/h7-11,13-15H,12H2,1-6H3;2*5-12H,1-4H3;4-12H,1-3H3;3-12H,1-2H3/q5*+1/i;2D3;;;. The monoisotopic (exact) mass is 1330 g/mol. The van der Waals surface area contributed by atoms with Gasteiger partial charge in [0.05, 0.1) is 0 Å². The van der Waals surface area contributed by atoms with Crippen molar-refractivity contribution in [3.63, 3.8) is 0 Å². The molecule has 0 saturated carbocycles. The van der Waals surface area contributed by atoms with E-state index in [9.17, 15) is 0 Å². The predicted octanol–water partition coefficient (Wildman–Crippen LogP) is 21.6. The molecule has 0 fully saturated rings. The van der Waals surface area contributed by atoms with Gasteiger partial charge in [-0.25, -0.2) is 4.57 Å². The van der Waals surface area contributed by atoms with Gasteiger partial charge in [-0.15, -0.1) is 0 Å². The molecular formula is C96H102N5+5. The Kier molecular flexibility index (Phi) is 20.8. The summed E-state index contributed by atoms with van der Waals surface area (Å²) in [5.74, 6) is 0.669. The second-order valence-electron chi connectivity index (χ2n) is 28.3. The lowest BCUT2D eigenvalue weighted by molar-refractivity contribution is -0.659. The third-order valence-electron chi connectivity index (χ3n) is 20.3. The fourth-order valence-electron chi connectivity index (χ4n) is 14.5. The van der Waals surface area contributed by atoms with E-state index in [1.807, 2.05) is 33.0 Å². The van der Waals surface area contributed by atoms with Gasteiger partial charge >= 0.3 is 0 Å². The first-order valence-electron chi connectivity index (χ1n) is 37.0. The molecule has 5 nitrogen and oxygen atoms in total. The van der Waals surface area contributed by atoms with Crippen LogP contribution >= 0.6 is 0 Å². The van der Waals surface area contributed by atoms with E-state index < -0.39 is 6.85 Å². The number of hydrogen-bond donors (Lipinski definition) is 0. The molecule has 10 aromatic carbocycles. The van der Waals surface area contributed by atoms with E-state index in [0.717, 1.165) is 34.2 Å². The molecule has 0 spiro atoms.